The molecule has 1 aromatic carbocycles. The fourth-order valence-electron chi connectivity index (χ4n) is 1.89. The maximum absolute atomic E-state index is 12.6. The van der Waals surface area contributed by atoms with Gasteiger partial charge >= 0.3 is 0 Å². The number of nitrogens with two attached hydrogens (primary N) is 1. The summed E-state index contributed by atoms with van der Waals surface area (Å²) < 4.78 is 31.9. The van der Waals surface area contributed by atoms with Crippen LogP contribution >= 0.6 is 11.3 Å². The van der Waals surface area contributed by atoms with E-state index in [1.165, 1.54) is 10.4 Å². The Balaban J connectivity index is 2.22. The molecule has 0 saturated heterocycles. The molecule has 2 N–H and O–H groups in total. The number of anilines is 1. The third-order valence-corrected chi connectivity index (χ3v) is 6.41. The average Bonchev–Trinajstić information content (AvgIpc) is 2.92. The van der Waals surface area contributed by atoms with Crippen molar-refractivity contribution >= 4 is 27.0 Å². The fraction of sp³-hybridized carbons (Fsp3) is 0.286. The second-order valence-corrected chi connectivity index (χ2v) is 7.55. The minimum Gasteiger partial charge on any atom is -0.497 e. The zero-order valence-electron chi connectivity index (χ0n) is 11.9. The largest absolute Gasteiger partial charge is 0.497 e. The van der Waals surface area contributed by atoms with Crippen molar-refractivity contribution in [1.29, 1.82) is 0 Å². The van der Waals surface area contributed by atoms with E-state index in [1.807, 2.05) is 31.2 Å². The molecule has 0 aliphatic carbocycles. The van der Waals surface area contributed by atoms with Gasteiger partial charge in [-0.15, -0.1) is 11.3 Å². The quantitative estimate of drug-likeness (QED) is 0.885. The van der Waals surface area contributed by atoms with Gasteiger partial charge in [-0.25, -0.2) is 8.42 Å². The molecule has 0 saturated carbocycles. The van der Waals surface area contributed by atoms with Gasteiger partial charge in [-0.3, -0.25) is 0 Å². The molecular formula is C14H18N2O3S2. The number of thiophene rings is 1. The van der Waals surface area contributed by atoms with Gasteiger partial charge in [0.25, 0.3) is 10.0 Å². The molecule has 5 nitrogen and oxygen atoms in total. The lowest BCUT2D eigenvalue weighted by Crippen LogP contribution is -2.29. The SMILES string of the molecule is CCN(Cc1ccc(OC)cc1)S(=O)(=O)c1cc(N)cs1. The van der Waals surface area contributed by atoms with Crippen molar-refractivity contribution < 1.29 is 13.2 Å². The van der Waals surface area contributed by atoms with Crippen LogP contribution in [0.3, 0.4) is 0 Å². The molecule has 114 valence electrons. The lowest BCUT2D eigenvalue weighted by atomic mass is 10.2. The number of rotatable bonds is 6. The van der Waals surface area contributed by atoms with Crippen molar-refractivity contribution in [3.8, 4) is 5.75 Å². The maximum Gasteiger partial charge on any atom is 0.252 e. The van der Waals surface area contributed by atoms with E-state index < -0.39 is 10.0 Å². The second kappa shape index (κ2) is 6.46. The van der Waals surface area contributed by atoms with Gasteiger partial charge in [0.05, 0.1) is 7.11 Å². The smallest absolute Gasteiger partial charge is 0.252 e. The molecule has 0 atom stereocenters. The molecule has 2 rings (SSSR count). The predicted octanol–water partition coefficient (Wildman–Crippen LogP) is 2.55. The third kappa shape index (κ3) is 3.55. The van der Waals surface area contributed by atoms with Crippen LogP contribution in [0, 0.1) is 0 Å². The normalized spacial score (nSPS) is 11.8. The zero-order chi connectivity index (χ0) is 15.5. The molecule has 0 radical (unpaired) electrons. The highest BCUT2D eigenvalue weighted by atomic mass is 32.2. The molecule has 1 aromatic heterocycles. The minimum absolute atomic E-state index is 0.273. The first-order chi connectivity index (χ1) is 9.97. The highest BCUT2D eigenvalue weighted by molar-refractivity contribution is 7.91. The molecule has 7 heteroatoms. The summed E-state index contributed by atoms with van der Waals surface area (Å²) in [6, 6.07) is 8.86. The van der Waals surface area contributed by atoms with Crippen molar-refractivity contribution in [3.63, 3.8) is 0 Å². The molecule has 0 aliphatic heterocycles. The number of methoxy groups -OCH3 is 1. The van der Waals surface area contributed by atoms with Crippen LogP contribution in [0.25, 0.3) is 0 Å². The first-order valence-corrected chi connectivity index (χ1v) is 8.76. The number of hydrogen-bond acceptors (Lipinski definition) is 5. The minimum atomic E-state index is -3.50. The van der Waals surface area contributed by atoms with E-state index in [-0.39, 0.29) is 4.21 Å². The standard InChI is InChI=1S/C14H18N2O3S2/c1-3-16(9-11-4-6-13(19-2)7-5-11)21(17,18)14-8-12(15)10-20-14/h4-8,10H,3,9,15H2,1-2H3. The zero-order valence-corrected chi connectivity index (χ0v) is 13.6. The number of nitrogen functional groups attached to an aromatic ring is 1. The van der Waals surface area contributed by atoms with Crippen molar-refractivity contribution in [1.82, 2.24) is 4.31 Å². The summed E-state index contributed by atoms with van der Waals surface area (Å²) >= 11 is 1.14. The second-order valence-electron chi connectivity index (χ2n) is 4.48. The van der Waals surface area contributed by atoms with Crippen molar-refractivity contribution in [3.05, 3.63) is 41.3 Å². The van der Waals surface area contributed by atoms with Crippen LogP contribution in [0.4, 0.5) is 5.69 Å². The summed E-state index contributed by atoms with van der Waals surface area (Å²) in [6.07, 6.45) is 0. The van der Waals surface area contributed by atoms with Gasteiger partial charge in [0, 0.05) is 24.2 Å². The van der Waals surface area contributed by atoms with Crippen molar-refractivity contribution in [2.75, 3.05) is 19.4 Å². The van der Waals surface area contributed by atoms with Crippen LogP contribution < -0.4 is 10.5 Å². The summed E-state index contributed by atoms with van der Waals surface area (Å²) in [5.74, 6) is 0.746. The fourth-order valence-corrected chi connectivity index (χ4v) is 4.56. The third-order valence-electron chi connectivity index (χ3n) is 3.06. The van der Waals surface area contributed by atoms with Crippen molar-refractivity contribution in [2.45, 2.75) is 17.7 Å². The first kappa shape index (κ1) is 15.8. The summed E-state index contributed by atoms with van der Waals surface area (Å²) in [5, 5.41) is 1.63. The number of benzene rings is 1. The molecule has 0 unspecified atom stereocenters. The van der Waals surface area contributed by atoms with Gasteiger partial charge in [0.15, 0.2) is 0 Å². The number of ether oxygens (including phenoxy) is 1. The van der Waals surface area contributed by atoms with Gasteiger partial charge in [-0.2, -0.15) is 4.31 Å². The van der Waals surface area contributed by atoms with Crippen LogP contribution in [-0.4, -0.2) is 26.4 Å². The maximum atomic E-state index is 12.6. The number of hydrogen-bond donors (Lipinski definition) is 1. The van der Waals surface area contributed by atoms with Gasteiger partial charge in [0.1, 0.15) is 9.96 Å². The first-order valence-electron chi connectivity index (χ1n) is 6.44. The summed E-state index contributed by atoms with van der Waals surface area (Å²) in [4.78, 5) is 0. The Morgan fingerprint density at radius 3 is 2.43 bits per heavy atom. The summed E-state index contributed by atoms with van der Waals surface area (Å²) in [6.45, 7) is 2.53. The van der Waals surface area contributed by atoms with E-state index in [9.17, 15) is 8.42 Å². The van der Waals surface area contributed by atoms with Crippen LogP contribution in [0.2, 0.25) is 0 Å². The molecule has 1 heterocycles. The molecule has 21 heavy (non-hydrogen) atoms. The Kier molecular flexibility index (Phi) is 4.87. The van der Waals surface area contributed by atoms with Crippen LogP contribution in [0.1, 0.15) is 12.5 Å². The monoisotopic (exact) mass is 326 g/mol. The lowest BCUT2D eigenvalue weighted by Gasteiger charge is -2.19. The van der Waals surface area contributed by atoms with E-state index in [0.717, 1.165) is 22.6 Å². The molecule has 0 aliphatic rings. The summed E-state index contributed by atoms with van der Waals surface area (Å²) in [7, 11) is -1.91. The van der Waals surface area contributed by atoms with E-state index in [1.54, 1.807) is 12.5 Å². The molecule has 2 aromatic rings. The Morgan fingerprint density at radius 2 is 1.95 bits per heavy atom. The summed E-state index contributed by atoms with van der Waals surface area (Å²) in [5.41, 5.74) is 6.99. The number of sulfonamides is 1. The number of nitrogens with zero attached hydrogens (tertiary/aromatic N) is 1. The highest BCUT2D eigenvalue weighted by Gasteiger charge is 2.24. The van der Waals surface area contributed by atoms with Gasteiger partial charge in [-0.05, 0) is 23.8 Å². The predicted molar refractivity (Wildman–Crippen MR) is 85.0 cm³/mol. The van der Waals surface area contributed by atoms with Gasteiger partial charge < -0.3 is 10.5 Å². The molecular weight excluding hydrogens is 308 g/mol. The van der Waals surface area contributed by atoms with E-state index in [2.05, 4.69) is 0 Å². The Hall–Kier alpha value is -1.57. The molecule has 0 fully saturated rings. The van der Waals surface area contributed by atoms with E-state index in [0.29, 0.717) is 18.8 Å². The Morgan fingerprint density at radius 1 is 1.29 bits per heavy atom. The Labute approximate surface area is 129 Å². The van der Waals surface area contributed by atoms with Gasteiger partial charge in [0.2, 0.25) is 0 Å². The lowest BCUT2D eigenvalue weighted by molar-refractivity contribution is 0.412. The molecule has 0 amide bonds. The van der Waals surface area contributed by atoms with Gasteiger partial charge in [-0.1, -0.05) is 19.1 Å². The Bertz CT molecular complexity index is 693. The van der Waals surface area contributed by atoms with E-state index >= 15 is 0 Å². The van der Waals surface area contributed by atoms with Crippen LogP contribution in [-0.2, 0) is 16.6 Å². The van der Waals surface area contributed by atoms with Crippen LogP contribution in [0.5, 0.6) is 5.75 Å². The molecule has 0 bridgehead atoms. The highest BCUT2D eigenvalue weighted by Crippen LogP contribution is 2.26. The van der Waals surface area contributed by atoms with Crippen LogP contribution in [0.15, 0.2) is 39.9 Å². The topological polar surface area (TPSA) is 72.6 Å². The molecule has 0 spiro atoms. The van der Waals surface area contributed by atoms with Crippen molar-refractivity contribution in [2.24, 2.45) is 0 Å². The average molecular weight is 326 g/mol. The van der Waals surface area contributed by atoms with E-state index in [4.69, 9.17) is 10.5 Å².